The molecule has 0 spiro atoms. The van der Waals surface area contributed by atoms with Crippen molar-refractivity contribution in [2.75, 3.05) is 25.0 Å². The summed E-state index contributed by atoms with van der Waals surface area (Å²) in [4.78, 5) is 0.0618. The van der Waals surface area contributed by atoms with Gasteiger partial charge >= 0.3 is 10.1 Å². The van der Waals surface area contributed by atoms with Gasteiger partial charge in [0.25, 0.3) is 0 Å². The van der Waals surface area contributed by atoms with Gasteiger partial charge in [-0.25, -0.2) is 0 Å². The molecule has 3 N–H and O–H groups in total. The summed E-state index contributed by atoms with van der Waals surface area (Å²) in [6.45, 7) is 6.55. The fourth-order valence-corrected chi connectivity index (χ4v) is 3.53. The smallest absolute Gasteiger partial charge is 0.339 e. The van der Waals surface area contributed by atoms with E-state index < -0.39 is 10.1 Å². The Kier molecular flexibility index (Phi) is 7.94. The summed E-state index contributed by atoms with van der Waals surface area (Å²) >= 11 is 0. The van der Waals surface area contributed by atoms with Crippen LogP contribution in [0.4, 0.5) is 5.69 Å². The Morgan fingerprint density at radius 3 is 2.41 bits per heavy atom. The Balaban J connectivity index is 1.87. The molecule has 2 aromatic carbocycles. The van der Waals surface area contributed by atoms with Gasteiger partial charge < -0.3 is 19.9 Å². The Morgan fingerprint density at radius 2 is 1.74 bits per heavy atom. The topological polar surface area (TPSA) is 87.7 Å². The zero-order chi connectivity index (χ0) is 19.7. The fourth-order valence-electron chi connectivity index (χ4n) is 2.61. The van der Waals surface area contributed by atoms with Crippen LogP contribution in [-0.4, -0.2) is 33.2 Å². The first-order chi connectivity index (χ1) is 12.9. The van der Waals surface area contributed by atoms with Crippen molar-refractivity contribution in [1.82, 2.24) is 5.32 Å². The molecule has 0 aliphatic rings. The molecule has 2 aromatic rings. The second-order valence-corrected chi connectivity index (χ2v) is 8.00. The van der Waals surface area contributed by atoms with Crippen LogP contribution in [0.2, 0.25) is 0 Å². The normalized spacial score (nSPS) is 11.3. The number of nitrogens with one attached hydrogen (secondary N) is 2. The lowest BCUT2D eigenvalue weighted by Gasteiger charge is -2.10. The first kappa shape index (κ1) is 21.1. The van der Waals surface area contributed by atoms with E-state index in [4.69, 9.17) is 4.18 Å². The van der Waals surface area contributed by atoms with E-state index in [-0.39, 0.29) is 16.4 Å². The van der Waals surface area contributed by atoms with Gasteiger partial charge in [0, 0.05) is 24.8 Å². The van der Waals surface area contributed by atoms with Crippen LogP contribution in [0.5, 0.6) is 11.5 Å². The van der Waals surface area contributed by atoms with Crippen molar-refractivity contribution in [2.24, 2.45) is 0 Å². The Bertz CT molecular complexity index is 800. The van der Waals surface area contributed by atoms with Gasteiger partial charge in [-0.1, -0.05) is 19.8 Å². The van der Waals surface area contributed by atoms with E-state index in [0.717, 1.165) is 25.3 Å². The van der Waals surface area contributed by atoms with Gasteiger partial charge in [0.05, 0.1) is 0 Å². The number of rotatable bonds is 11. The van der Waals surface area contributed by atoms with Crippen LogP contribution in [0.15, 0.2) is 47.4 Å². The van der Waals surface area contributed by atoms with Gasteiger partial charge in [0.2, 0.25) is 0 Å². The van der Waals surface area contributed by atoms with Crippen LogP contribution in [0.3, 0.4) is 0 Å². The summed E-state index contributed by atoms with van der Waals surface area (Å²) in [5, 5.41) is 16.2. The number of aromatic hydroxyl groups is 1. The van der Waals surface area contributed by atoms with Crippen molar-refractivity contribution in [1.29, 1.82) is 0 Å². The van der Waals surface area contributed by atoms with Crippen LogP contribution in [0.25, 0.3) is 0 Å². The molecule has 0 atom stereocenters. The minimum absolute atomic E-state index is 0.0388. The summed E-state index contributed by atoms with van der Waals surface area (Å²) in [7, 11) is -3.95. The molecule has 0 aliphatic carbocycles. The van der Waals surface area contributed by atoms with Crippen molar-refractivity contribution in [2.45, 2.75) is 38.0 Å². The minimum Gasteiger partial charge on any atom is -0.508 e. The molecule has 0 bridgehead atoms. The third-order valence-corrected chi connectivity index (χ3v) is 5.23. The van der Waals surface area contributed by atoms with Gasteiger partial charge in [-0.15, -0.1) is 0 Å². The molecule has 0 fully saturated rings. The molecule has 0 heterocycles. The lowest BCUT2D eigenvalue weighted by Crippen LogP contribution is -2.23. The fraction of sp³-hybridized carbons (Fsp3) is 0.400. The van der Waals surface area contributed by atoms with E-state index in [1.807, 2.05) is 0 Å². The van der Waals surface area contributed by atoms with E-state index in [1.165, 1.54) is 43.5 Å². The van der Waals surface area contributed by atoms with Crippen LogP contribution in [0.1, 0.15) is 31.7 Å². The van der Waals surface area contributed by atoms with Gasteiger partial charge in [-0.3, -0.25) is 0 Å². The average molecular weight is 393 g/mol. The number of phenolic OH excluding ortho intramolecular Hbond substituents is 1. The second-order valence-electron chi connectivity index (χ2n) is 6.45. The lowest BCUT2D eigenvalue weighted by molar-refractivity contribution is 0.463. The van der Waals surface area contributed by atoms with Crippen molar-refractivity contribution >= 4 is 15.8 Å². The highest BCUT2D eigenvalue weighted by molar-refractivity contribution is 7.87. The van der Waals surface area contributed by atoms with Gasteiger partial charge in [-0.05, 0) is 61.9 Å². The summed E-state index contributed by atoms with van der Waals surface area (Å²) in [5.41, 5.74) is 1.56. The molecule has 6 nitrogen and oxygen atoms in total. The van der Waals surface area contributed by atoms with Crippen LogP contribution >= 0.6 is 0 Å². The van der Waals surface area contributed by atoms with Crippen LogP contribution in [0, 0.1) is 6.92 Å². The van der Waals surface area contributed by atoms with E-state index in [0.29, 0.717) is 5.56 Å². The van der Waals surface area contributed by atoms with E-state index in [1.54, 1.807) is 25.1 Å². The zero-order valence-electron chi connectivity index (χ0n) is 15.9. The molecule has 0 saturated carbocycles. The highest BCUT2D eigenvalue weighted by Crippen LogP contribution is 2.25. The first-order valence-corrected chi connectivity index (χ1v) is 10.6. The molecule has 0 amide bonds. The first-order valence-electron chi connectivity index (χ1n) is 9.20. The van der Waals surface area contributed by atoms with Crippen molar-refractivity contribution < 1.29 is 17.7 Å². The standard InChI is InChI=1S/C20H28N2O4S/c1-3-4-5-10-21-11-12-22-17-6-8-20(9-7-17)27(24,25)26-19-14-16(2)13-18(23)15-19/h6-9,13-15,21-23H,3-5,10-12H2,1-2H3. The number of unbranched alkanes of at least 4 members (excludes halogenated alkanes) is 2. The molecule has 148 valence electrons. The van der Waals surface area contributed by atoms with Gasteiger partial charge in [-0.2, -0.15) is 8.42 Å². The molecule has 0 radical (unpaired) electrons. The monoisotopic (exact) mass is 392 g/mol. The summed E-state index contributed by atoms with van der Waals surface area (Å²) in [6.07, 6.45) is 3.63. The third kappa shape index (κ3) is 7.11. The number of phenols is 1. The summed E-state index contributed by atoms with van der Waals surface area (Å²) in [6, 6.07) is 10.8. The van der Waals surface area contributed by atoms with Crippen LogP contribution < -0.4 is 14.8 Å². The second kappa shape index (κ2) is 10.2. The third-order valence-electron chi connectivity index (χ3n) is 3.97. The molecule has 0 unspecified atom stereocenters. The largest absolute Gasteiger partial charge is 0.508 e. The van der Waals surface area contributed by atoms with E-state index in [9.17, 15) is 13.5 Å². The summed E-state index contributed by atoms with van der Waals surface area (Å²) in [5.74, 6) is 0.0481. The summed E-state index contributed by atoms with van der Waals surface area (Å²) < 4.78 is 29.9. The Hall–Kier alpha value is -2.25. The van der Waals surface area contributed by atoms with Crippen LogP contribution in [-0.2, 0) is 10.1 Å². The maximum atomic E-state index is 12.4. The number of hydrogen-bond acceptors (Lipinski definition) is 6. The van der Waals surface area contributed by atoms with Gasteiger partial charge in [0.1, 0.15) is 16.4 Å². The maximum absolute atomic E-state index is 12.4. The number of hydrogen-bond donors (Lipinski definition) is 3. The minimum atomic E-state index is -3.95. The zero-order valence-corrected chi connectivity index (χ0v) is 16.7. The Morgan fingerprint density at radius 1 is 1.00 bits per heavy atom. The highest BCUT2D eigenvalue weighted by atomic mass is 32.2. The highest BCUT2D eigenvalue weighted by Gasteiger charge is 2.17. The van der Waals surface area contributed by atoms with E-state index in [2.05, 4.69) is 17.6 Å². The molecular weight excluding hydrogens is 364 g/mol. The predicted molar refractivity (Wildman–Crippen MR) is 108 cm³/mol. The number of benzene rings is 2. The molecular formula is C20H28N2O4S. The SMILES string of the molecule is CCCCCNCCNc1ccc(S(=O)(=O)Oc2cc(C)cc(O)c2)cc1. The average Bonchev–Trinajstić information content (AvgIpc) is 2.60. The maximum Gasteiger partial charge on any atom is 0.339 e. The number of anilines is 1. The van der Waals surface area contributed by atoms with E-state index >= 15 is 0 Å². The quantitative estimate of drug-likeness (QED) is 0.400. The molecule has 27 heavy (non-hydrogen) atoms. The lowest BCUT2D eigenvalue weighted by atomic mass is 10.2. The molecule has 0 saturated heterocycles. The predicted octanol–water partition coefficient (Wildman–Crippen LogP) is 3.66. The molecule has 0 aromatic heterocycles. The molecule has 7 heteroatoms. The molecule has 2 rings (SSSR count). The van der Waals surface area contributed by atoms with Crippen molar-refractivity contribution in [3.63, 3.8) is 0 Å². The number of aryl methyl sites for hydroxylation is 1. The Labute approximate surface area is 161 Å². The van der Waals surface area contributed by atoms with Crippen molar-refractivity contribution in [3.8, 4) is 11.5 Å². The van der Waals surface area contributed by atoms with Gasteiger partial charge in [0.15, 0.2) is 0 Å². The van der Waals surface area contributed by atoms with Crippen molar-refractivity contribution in [3.05, 3.63) is 48.0 Å². The molecule has 0 aliphatic heterocycles.